The minimum Gasteiger partial charge on any atom is -0.376 e. The average Bonchev–Trinajstić information content (AvgIpc) is 2.63. The minimum atomic E-state index is 0.439. The third-order valence-electron chi connectivity index (χ3n) is 5.38. The van der Waals surface area contributed by atoms with Crippen LogP contribution in [0.5, 0.6) is 0 Å². The molecular formula is C15H32N2O2+2. The van der Waals surface area contributed by atoms with E-state index in [4.69, 9.17) is 9.47 Å². The van der Waals surface area contributed by atoms with Gasteiger partial charge in [-0.15, -0.1) is 0 Å². The number of ether oxygens (including phenoxy) is 2. The van der Waals surface area contributed by atoms with Gasteiger partial charge in [-0.3, -0.25) is 0 Å². The van der Waals surface area contributed by atoms with Gasteiger partial charge in [0.2, 0.25) is 0 Å². The molecule has 2 aliphatic heterocycles. The van der Waals surface area contributed by atoms with E-state index in [1.807, 2.05) is 14.2 Å². The number of methoxy groups -OCH3 is 2. The summed E-state index contributed by atoms with van der Waals surface area (Å²) in [7, 11) is 10.8. The van der Waals surface area contributed by atoms with Crippen molar-refractivity contribution in [2.45, 2.75) is 37.5 Å². The zero-order valence-corrected chi connectivity index (χ0v) is 13.4. The van der Waals surface area contributed by atoms with E-state index < -0.39 is 0 Å². The van der Waals surface area contributed by atoms with Crippen molar-refractivity contribution in [1.29, 1.82) is 0 Å². The number of likely N-dealkylation sites (tertiary alicyclic amines) is 2. The van der Waals surface area contributed by atoms with Crippen molar-refractivity contribution >= 4 is 0 Å². The average molecular weight is 272 g/mol. The van der Waals surface area contributed by atoms with Crippen LogP contribution in [0, 0.1) is 0 Å². The Balaban J connectivity index is 1.99. The summed E-state index contributed by atoms with van der Waals surface area (Å²) in [5, 5.41) is 0. The number of hydrogen-bond acceptors (Lipinski definition) is 2. The monoisotopic (exact) mass is 272 g/mol. The number of nitrogens with zero attached hydrogens (tertiary/aromatic N) is 2. The molecule has 4 nitrogen and oxygen atoms in total. The minimum absolute atomic E-state index is 0.439. The molecule has 0 bridgehead atoms. The Morgan fingerprint density at radius 3 is 2.26 bits per heavy atom. The molecule has 0 radical (unpaired) electrons. The molecule has 0 aromatic carbocycles. The molecule has 0 aliphatic carbocycles. The molecule has 4 atom stereocenters. The summed E-state index contributed by atoms with van der Waals surface area (Å²) in [5.74, 6) is 0. The van der Waals surface area contributed by atoms with Crippen LogP contribution in [0.4, 0.5) is 0 Å². The largest absolute Gasteiger partial charge is 0.376 e. The van der Waals surface area contributed by atoms with Crippen molar-refractivity contribution in [3.63, 3.8) is 0 Å². The van der Waals surface area contributed by atoms with E-state index in [1.165, 1.54) is 43.4 Å². The predicted octanol–water partition coefficient (Wildman–Crippen LogP) is 1.11. The quantitative estimate of drug-likeness (QED) is 0.714. The summed E-state index contributed by atoms with van der Waals surface area (Å²) in [6.45, 7) is 4.88. The normalized spacial score (nSPS) is 42.5. The first kappa shape index (κ1) is 15.2. The van der Waals surface area contributed by atoms with Crippen molar-refractivity contribution in [3.8, 4) is 0 Å². The van der Waals surface area contributed by atoms with Crippen LogP contribution < -0.4 is 0 Å². The summed E-state index contributed by atoms with van der Waals surface area (Å²) in [5.41, 5.74) is 0. The van der Waals surface area contributed by atoms with Crippen LogP contribution in [-0.2, 0) is 9.47 Å². The van der Waals surface area contributed by atoms with E-state index >= 15 is 0 Å². The van der Waals surface area contributed by atoms with Gasteiger partial charge in [0.25, 0.3) is 0 Å². The molecule has 0 saturated carbocycles. The van der Waals surface area contributed by atoms with E-state index in [-0.39, 0.29) is 0 Å². The first-order valence-corrected chi connectivity index (χ1v) is 7.60. The smallest absolute Gasteiger partial charge is 0.141 e. The molecule has 2 fully saturated rings. The fourth-order valence-corrected chi connectivity index (χ4v) is 4.05. The molecular weight excluding hydrogens is 240 g/mol. The van der Waals surface area contributed by atoms with Crippen LogP contribution in [0.3, 0.4) is 0 Å². The van der Waals surface area contributed by atoms with Crippen LogP contribution in [0.25, 0.3) is 0 Å². The van der Waals surface area contributed by atoms with Crippen LogP contribution in [-0.4, -0.2) is 88.8 Å². The summed E-state index contributed by atoms with van der Waals surface area (Å²) < 4.78 is 13.5. The van der Waals surface area contributed by atoms with Gasteiger partial charge >= 0.3 is 0 Å². The first-order chi connectivity index (χ1) is 8.88. The highest BCUT2D eigenvalue weighted by Crippen LogP contribution is 2.29. The highest BCUT2D eigenvalue weighted by Gasteiger charge is 2.46. The molecule has 0 N–H and O–H groups in total. The second kappa shape index (κ2) is 5.68. The summed E-state index contributed by atoms with van der Waals surface area (Å²) in [4.78, 5) is 0. The lowest BCUT2D eigenvalue weighted by Crippen LogP contribution is -2.60. The van der Waals surface area contributed by atoms with Crippen molar-refractivity contribution in [1.82, 2.24) is 0 Å². The lowest BCUT2D eigenvalue weighted by Gasteiger charge is -2.44. The van der Waals surface area contributed by atoms with Crippen molar-refractivity contribution in [2.75, 3.05) is 61.5 Å². The van der Waals surface area contributed by atoms with Gasteiger partial charge in [0.05, 0.1) is 27.7 Å². The summed E-state index contributed by atoms with van der Waals surface area (Å²) >= 11 is 0. The zero-order chi connectivity index (χ0) is 14.1. The number of rotatable bonds is 4. The SMILES string of the molecule is COC1CCC[N+](C)(CC2CC(OC)C[N+]2(C)C)C1. The molecule has 2 aliphatic rings. The highest BCUT2D eigenvalue weighted by atomic mass is 16.5. The van der Waals surface area contributed by atoms with Gasteiger partial charge in [0, 0.05) is 20.6 Å². The third-order valence-corrected chi connectivity index (χ3v) is 5.38. The Morgan fingerprint density at radius 1 is 1.00 bits per heavy atom. The van der Waals surface area contributed by atoms with Gasteiger partial charge in [-0.2, -0.15) is 0 Å². The van der Waals surface area contributed by atoms with Crippen LogP contribution in [0.2, 0.25) is 0 Å². The highest BCUT2D eigenvalue weighted by molar-refractivity contribution is 4.76. The maximum atomic E-state index is 5.60. The Kier molecular flexibility index (Phi) is 4.56. The van der Waals surface area contributed by atoms with Gasteiger partial charge in [-0.1, -0.05) is 0 Å². The fraction of sp³-hybridized carbons (Fsp3) is 1.00. The second-order valence-corrected chi connectivity index (χ2v) is 7.42. The molecule has 4 heteroatoms. The first-order valence-electron chi connectivity index (χ1n) is 7.60. The lowest BCUT2D eigenvalue weighted by molar-refractivity contribution is -0.969. The van der Waals surface area contributed by atoms with Gasteiger partial charge in [-0.05, 0) is 12.8 Å². The number of likely N-dealkylation sites (N-methyl/N-ethyl adjacent to an activating group) is 2. The fourth-order valence-electron chi connectivity index (χ4n) is 4.05. The number of hydrogen-bond donors (Lipinski definition) is 0. The third kappa shape index (κ3) is 3.48. The maximum Gasteiger partial charge on any atom is 0.141 e. The molecule has 2 saturated heterocycles. The molecule has 2 rings (SSSR count). The Morgan fingerprint density at radius 2 is 1.68 bits per heavy atom. The molecule has 19 heavy (non-hydrogen) atoms. The number of piperidine rings is 1. The number of quaternary nitrogens is 2. The van der Waals surface area contributed by atoms with Gasteiger partial charge in [-0.25, -0.2) is 0 Å². The predicted molar refractivity (Wildman–Crippen MR) is 77.0 cm³/mol. The molecule has 112 valence electrons. The van der Waals surface area contributed by atoms with Crippen molar-refractivity contribution in [2.24, 2.45) is 0 Å². The van der Waals surface area contributed by atoms with Gasteiger partial charge < -0.3 is 18.4 Å². The Labute approximate surface area is 118 Å². The second-order valence-electron chi connectivity index (χ2n) is 7.42. The van der Waals surface area contributed by atoms with Gasteiger partial charge in [0.1, 0.15) is 37.9 Å². The van der Waals surface area contributed by atoms with E-state index in [9.17, 15) is 0 Å². The molecule has 0 aromatic rings. The molecule has 2 heterocycles. The van der Waals surface area contributed by atoms with E-state index in [2.05, 4.69) is 21.1 Å². The zero-order valence-electron chi connectivity index (χ0n) is 13.4. The Hall–Kier alpha value is -0.160. The maximum absolute atomic E-state index is 5.60. The van der Waals surface area contributed by atoms with E-state index in [0.29, 0.717) is 18.2 Å². The van der Waals surface area contributed by atoms with E-state index in [0.717, 1.165) is 11.0 Å². The molecule has 0 amide bonds. The standard InChI is InChI=1S/C15H32N2O2/c1-16(2)11-15(19-5)9-13(16)10-17(3)8-6-7-14(12-17)18-4/h13-15H,6-12H2,1-5H3/q+2. The van der Waals surface area contributed by atoms with Crippen molar-refractivity contribution < 1.29 is 18.4 Å². The van der Waals surface area contributed by atoms with Crippen LogP contribution in [0.1, 0.15) is 19.3 Å². The van der Waals surface area contributed by atoms with Crippen LogP contribution in [0.15, 0.2) is 0 Å². The summed E-state index contributed by atoms with van der Waals surface area (Å²) in [6.07, 6.45) is 4.62. The Bertz CT molecular complexity index is 309. The van der Waals surface area contributed by atoms with E-state index in [1.54, 1.807) is 0 Å². The van der Waals surface area contributed by atoms with Gasteiger partial charge in [0.15, 0.2) is 0 Å². The molecule has 0 spiro atoms. The molecule has 0 aromatic heterocycles. The molecule has 4 unspecified atom stereocenters. The van der Waals surface area contributed by atoms with Crippen LogP contribution >= 0.6 is 0 Å². The summed E-state index contributed by atoms with van der Waals surface area (Å²) in [6, 6.07) is 0.713. The topological polar surface area (TPSA) is 18.5 Å². The lowest BCUT2D eigenvalue weighted by atomic mass is 10.0. The van der Waals surface area contributed by atoms with Crippen molar-refractivity contribution in [3.05, 3.63) is 0 Å².